The van der Waals surface area contributed by atoms with E-state index in [1.165, 1.54) is 18.4 Å². The molecule has 0 saturated carbocycles. The van der Waals surface area contributed by atoms with Gasteiger partial charge < -0.3 is 9.52 Å². The minimum absolute atomic E-state index is 0.153. The normalized spacial score (nSPS) is 10.9. The van der Waals surface area contributed by atoms with Crippen molar-refractivity contribution in [2.75, 3.05) is 0 Å². The first-order valence-electron chi connectivity index (χ1n) is 5.95. The van der Waals surface area contributed by atoms with Gasteiger partial charge in [-0.2, -0.15) is 0 Å². The van der Waals surface area contributed by atoms with E-state index in [1.807, 2.05) is 0 Å². The number of rotatable bonds is 4. The van der Waals surface area contributed by atoms with Crippen molar-refractivity contribution in [2.24, 2.45) is 0 Å². The minimum atomic E-state index is -0.306. The molecule has 0 unspecified atom stereocenters. The van der Waals surface area contributed by atoms with Crippen LogP contribution in [-0.4, -0.2) is 25.1 Å². The van der Waals surface area contributed by atoms with Crippen molar-refractivity contribution in [3.8, 4) is 11.5 Å². The van der Waals surface area contributed by atoms with E-state index in [1.54, 1.807) is 23.0 Å². The van der Waals surface area contributed by atoms with Crippen LogP contribution in [0.5, 0.6) is 0 Å². The van der Waals surface area contributed by atoms with Crippen LogP contribution in [0, 0.1) is 5.82 Å². The van der Waals surface area contributed by atoms with Crippen LogP contribution >= 0.6 is 0 Å². The molecule has 0 bridgehead atoms. The van der Waals surface area contributed by atoms with E-state index in [2.05, 4.69) is 15.3 Å². The van der Waals surface area contributed by atoms with Gasteiger partial charge in [-0.05, 0) is 24.3 Å². The van der Waals surface area contributed by atoms with Gasteiger partial charge in [-0.3, -0.25) is 0 Å². The molecular weight excluding hydrogens is 263 g/mol. The summed E-state index contributed by atoms with van der Waals surface area (Å²) in [4.78, 5) is 4.30. The zero-order chi connectivity index (χ0) is 13.9. The zero-order valence-electron chi connectivity index (χ0n) is 10.4. The van der Waals surface area contributed by atoms with Gasteiger partial charge in [0.15, 0.2) is 0 Å². The SMILES string of the molecule is OCc1cn(Cc2coc(-c3ccc(F)cc3)n2)nn1. The number of benzene rings is 1. The molecule has 1 N–H and O–H groups in total. The Morgan fingerprint density at radius 1 is 1.20 bits per heavy atom. The third-order valence-electron chi connectivity index (χ3n) is 2.72. The van der Waals surface area contributed by atoms with Crippen LogP contribution in [0.25, 0.3) is 11.5 Å². The smallest absolute Gasteiger partial charge is 0.226 e. The Balaban J connectivity index is 1.78. The first-order chi connectivity index (χ1) is 9.74. The summed E-state index contributed by atoms with van der Waals surface area (Å²) in [6, 6.07) is 5.91. The molecule has 0 aliphatic carbocycles. The minimum Gasteiger partial charge on any atom is -0.444 e. The van der Waals surface area contributed by atoms with Crippen molar-refractivity contribution < 1.29 is 13.9 Å². The van der Waals surface area contributed by atoms with E-state index >= 15 is 0 Å². The van der Waals surface area contributed by atoms with Crippen molar-refractivity contribution in [3.63, 3.8) is 0 Å². The van der Waals surface area contributed by atoms with Crippen LogP contribution < -0.4 is 0 Å². The maximum atomic E-state index is 12.8. The van der Waals surface area contributed by atoms with Crippen molar-refractivity contribution >= 4 is 0 Å². The summed E-state index contributed by atoms with van der Waals surface area (Å²) >= 11 is 0. The Labute approximate surface area is 113 Å². The summed E-state index contributed by atoms with van der Waals surface area (Å²) in [5.74, 6) is 0.113. The maximum Gasteiger partial charge on any atom is 0.226 e. The van der Waals surface area contributed by atoms with E-state index < -0.39 is 0 Å². The van der Waals surface area contributed by atoms with Gasteiger partial charge in [-0.1, -0.05) is 5.21 Å². The molecule has 7 heteroatoms. The van der Waals surface area contributed by atoms with Crippen LogP contribution in [-0.2, 0) is 13.2 Å². The third kappa shape index (κ3) is 2.57. The second-order valence-corrected chi connectivity index (χ2v) is 4.22. The molecule has 3 rings (SSSR count). The van der Waals surface area contributed by atoms with Crippen molar-refractivity contribution in [1.82, 2.24) is 20.0 Å². The summed E-state index contributed by atoms with van der Waals surface area (Å²) in [7, 11) is 0. The average molecular weight is 274 g/mol. The summed E-state index contributed by atoms with van der Waals surface area (Å²) in [5.41, 5.74) is 1.86. The summed E-state index contributed by atoms with van der Waals surface area (Å²) < 4.78 is 19.7. The van der Waals surface area contributed by atoms with Gasteiger partial charge >= 0.3 is 0 Å². The number of hydrogen-bond acceptors (Lipinski definition) is 5. The highest BCUT2D eigenvalue weighted by Crippen LogP contribution is 2.19. The second-order valence-electron chi connectivity index (χ2n) is 4.22. The summed E-state index contributed by atoms with van der Waals surface area (Å²) in [6.45, 7) is 0.233. The average Bonchev–Trinajstić information content (AvgIpc) is 3.09. The molecule has 0 atom stereocenters. The lowest BCUT2D eigenvalue weighted by Gasteiger charge is -1.95. The predicted octanol–water partition coefficient (Wildman–Crippen LogP) is 1.61. The Kier molecular flexibility index (Phi) is 3.26. The van der Waals surface area contributed by atoms with Gasteiger partial charge in [0, 0.05) is 5.56 Å². The highest BCUT2D eigenvalue weighted by Gasteiger charge is 2.08. The molecule has 0 aliphatic rings. The van der Waals surface area contributed by atoms with Crippen molar-refractivity contribution in [3.05, 3.63) is 53.9 Å². The lowest BCUT2D eigenvalue weighted by atomic mass is 10.2. The van der Waals surface area contributed by atoms with Gasteiger partial charge in [0.1, 0.15) is 23.5 Å². The van der Waals surface area contributed by atoms with E-state index in [0.29, 0.717) is 29.4 Å². The molecule has 2 heterocycles. The fraction of sp³-hybridized carbons (Fsp3) is 0.154. The fourth-order valence-electron chi connectivity index (χ4n) is 1.76. The molecule has 2 aromatic heterocycles. The van der Waals surface area contributed by atoms with Gasteiger partial charge in [0.2, 0.25) is 5.89 Å². The van der Waals surface area contributed by atoms with Gasteiger partial charge in [0.25, 0.3) is 0 Å². The number of aromatic nitrogens is 4. The molecule has 0 aliphatic heterocycles. The lowest BCUT2D eigenvalue weighted by molar-refractivity contribution is 0.276. The molecule has 0 amide bonds. The Morgan fingerprint density at radius 2 is 2.00 bits per heavy atom. The number of aliphatic hydroxyl groups is 1. The molecule has 0 fully saturated rings. The van der Waals surface area contributed by atoms with E-state index in [-0.39, 0.29) is 12.4 Å². The monoisotopic (exact) mass is 274 g/mol. The largest absolute Gasteiger partial charge is 0.444 e. The van der Waals surface area contributed by atoms with E-state index in [9.17, 15) is 4.39 Å². The van der Waals surface area contributed by atoms with E-state index in [0.717, 1.165) is 0 Å². The van der Waals surface area contributed by atoms with Crippen LogP contribution in [0.1, 0.15) is 11.4 Å². The lowest BCUT2D eigenvalue weighted by Crippen LogP contribution is -2.00. The van der Waals surface area contributed by atoms with Crippen LogP contribution in [0.2, 0.25) is 0 Å². The van der Waals surface area contributed by atoms with Gasteiger partial charge in [-0.25, -0.2) is 14.1 Å². The zero-order valence-corrected chi connectivity index (χ0v) is 10.4. The first-order valence-corrected chi connectivity index (χ1v) is 5.95. The van der Waals surface area contributed by atoms with Crippen LogP contribution in [0.4, 0.5) is 4.39 Å². The molecular formula is C13H11FN4O2. The number of nitrogens with zero attached hydrogens (tertiary/aromatic N) is 4. The number of halogens is 1. The molecule has 0 spiro atoms. The fourth-order valence-corrected chi connectivity index (χ4v) is 1.76. The Hall–Kier alpha value is -2.54. The first kappa shape index (κ1) is 12.5. The highest BCUT2D eigenvalue weighted by atomic mass is 19.1. The molecule has 1 aromatic carbocycles. The topological polar surface area (TPSA) is 77.0 Å². The predicted molar refractivity (Wildman–Crippen MR) is 66.9 cm³/mol. The van der Waals surface area contributed by atoms with E-state index in [4.69, 9.17) is 9.52 Å². The van der Waals surface area contributed by atoms with Crippen molar-refractivity contribution in [2.45, 2.75) is 13.2 Å². The number of oxazole rings is 1. The molecule has 3 aromatic rings. The molecule has 20 heavy (non-hydrogen) atoms. The molecule has 6 nitrogen and oxygen atoms in total. The maximum absolute atomic E-state index is 12.8. The Morgan fingerprint density at radius 3 is 2.70 bits per heavy atom. The quantitative estimate of drug-likeness (QED) is 0.782. The number of aliphatic hydroxyl groups excluding tert-OH is 1. The Bertz CT molecular complexity index is 705. The summed E-state index contributed by atoms with van der Waals surface area (Å²) in [6.07, 6.45) is 3.14. The van der Waals surface area contributed by atoms with Gasteiger partial charge in [-0.15, -0.1) is 5.10 Å². The standard InChI is InChI=1S/C13H11FN4O2/c14-10-3-1-9(2-4-10)13-15-12(8-20-13)6-18-5-11(7-19)16-17-18/h1-5,8,19H,6-7H2. The van der Waals surface area contributed by atoms with Crippen LogP contribution in [0.15, 0.2) is 41.1 Å². The third-order valence-corrected chi connectivity index (χ3v) is 2.72. The highest BCUT2D eigenvalue weighted by molar-refractivity contribution is 5.52. The molecule has 0 radical (unpaired) electrons. The van der Waals surface area contributed by atoms with Gasteiger partial charge in [0.05, 0.1) is 19.3 Å². The second kappa shape index (κ2) is 5.22. The van der Waals surface area contributed by atoms with Crippen molar-refractivity contribution in [1.29, 1.82) is 0 Å². The summed E-state index contributed by atoms with van der Waals surface area (Å²) in [5, 5.41) is 16.5. The molecule has 102 valence electrons. The molecule has 0 saturated heterocycles. The van der Waals surface area contributed by atoms with Crippen LogP contribution in [0.3, 0.4) is 0 Å². The number of hydrogen-bond donors (Lipinski definition) is 1.